The molecule has 7 heteroatoms. The maximum absolute atomic E-state index is 11.6. The quantitative estimate of drug-likeness (QED) is 0.444. The molecule has 1 saturated carbocycles. The van der Waals surface area contributed by atoms with Crippen LogP contribution in [0, 0.1) is 5.41 Å². The maximum atomic E-state index is 11.6. The number of benzene rings is 1. The molecule has 0 radical (unpaired) electrons. The van der Waals surface area contributed by atoms with E-state index in [4.69, 9.17) is 4.99 Å². The van der Waals surface area contributed by atoms with Gasteiger partial charge in [-0.15, -0.1) is 0 Å². The summed E-state index contributed by atoms with van der Waals surface area (Å²) in [7, 11) is -1.81. The van der Waals surface area contributed by atoms with E-state index in [2.05, 4.69) is 29.2 Å². The summed E-state index contributed by atoms with van der Waals surface area (Å²) in [6.45, 7) is 6.71. The van der Waals surface area contributed by atoms with Gasteiger partial charge in [0.15, 0.2) is 5.96 Å². The maximum Gasteiger partial charge on any atom is 0.215 e. The van der Waals surface area contributed by atoms with E-state index in [0.717, 1.165) is 30.2 Å². The molecule has 27 heavy (non-hydrogen) atoms. The highest BCUT2D eigenvalue weighted by Crippen LogP contribution is 2.40. The topological polar surface area (TPSA) is 82.6 Å². The Kier molecular flexibility index (Phi) is 8.10. The Hall–Kier alpha value is -1.60. The number of nitrogens with one attached hydrogen (secondary N) is 3. The molecule has 1 aliphatic rings. The number of nitrogens with zero attached hydrogens (tertiary/aromatic N) is 1. The predicted octanol–water partition coefficient (Wildman–Crippen LogP) is 2.76. The van der Waals surface area contributed by atoms with Gasteiger partial charge in [0.05, 0.1) is 12.3 Å². The summed E-state index contributed by atoms with van der Waals surface area (Å²) in [6.07, 6.45) is 6.47. The Morgan fingerprint density at radius 1 is 1.07 bits per heavy atom. The molecule has 0 saturated heterocycles. The molecule has 1 aromatic carbocycles. The summed E-state index contributed by atoms with van der Waals surface area (Å²) in [5.41, 5.74) is 2.24. The minimum Gasteiger partial charge on any atom is -0.357 e. The van der Waals surface area contributed by atoms with Gasteiger partial charge in [-0.3, -0.25) is 0 Å². The van der Waals surface area contributed by atoms with Crippen LogP contribution in [0.2, 0.25) is 0 Å². The van der Waals surface area contributed by atoms with E-state index >= 15 is 0 Å². The summed E-state index contributed by atoms with van der Waals surface area (Å²) >= 11 is 0. The van der Waals surface area contributed by atoms with Crippen molar-refractivity contribution in [3.63, 3.8) is 0 Å². The van der Waals surface area contributed by atoms with Gasteiger partial charge in [-0.1, -0.05) is 44.0 Å². The number of guanidine groups is 1. The van der Waals surface area contributed by atoms with Gasteiger partial charge in [0, 0.05) is 13.1 Å². The van der Waals surface area contributed by atoms with Crippen LogP contribution in [0.1, 0.15) is 57.1 Å². The zero-order valence-electron chi connectivity index (χ0n) is 16.8. The monoisotopic (exact) mass is 394 g/mol. The van der Waals surface area contributed by atoms with Crippen LogP contribution in [-0.2, 0) is 22.3 Å². The van der Waals surface area contributed by atoms with Crippen LogP contribution in [0.3, 0.4) is 0 Å². The van der Waals surface area contributed by atoms with Gasteiger partial charge < -0.3 is 10.6 Å². The molecule has 0 amide bonds. The van der Waals surface area contributed by atoms with Gasteiger partial charge in [-0.2, -0.15) is 0 Å². The molecule has 3 N–H and O–H groups in total. The second kappa shape index (κ2) is 10.1. The van der Waals surface area contributed by atoms with Crippen LogP contribution in [0.5, 0.6) is 0 Å². The van der Waals surface area contributed by atoms with Gasteiger partial charge >= 0.3 is 0 Å². The van der Waals surface area contributed by atoms with Crippen LogP contribution in [-0.4, -0.2) is 34.5 Å². The molecule has 1 aromatic rings. The number of sulfonamides is 1. The van der Waals surface area contributed by atoms with Crippen molar-refractivity contribution in [2.75, 3.05) is 20.1 Å². The van der Waals surface area contributed by atoms with E-state index in [1.54, 1.807) is 0 Å². The van der Waals surface area contributed by atoms with Gasteiger partial charge in [0.25, 0.3) is 0 Å². The Morgan fingerprint density at radius 3 is 2.26 bits per heavy atom. The first-order chi connectivity index (χ1) is 12.9. The summed E-state index contributed by atoms with van der Waals surface area (Å²) < 4.78 is 25.6. The molecule has 0 spiro atoms. The van der Waals surface area contributed by atoms with E-state index in [0.29, 0.717) is 12.0 Å². The number of aliphatic imine (C=N–C) groups is 1. The molecule has 0 heterocycles. The Labute approximate surface area is 164 Å². The average Bonchev–Trinajstić information content (AvgIpc) is 3.14. The van der Waals surface area contributed by atoms with Gasteiger partial charge in [0.1, 0.15) is 0 Å². The van der Waals surface area contributed by atoms with Crippen LogP contribution in [0.4, 0.5) is 0 Å². The standard InChI is InChI=1S/C20H34N4O2S/c1-4-20(12-6-7-13-20)16-24-19(22-5-2)23-14-17-8-10-18(11-9-17)15-27(25,26)21-3/h8-11,21H,4-7,12-16H2,1-3H3,(H2,22,23,24). The van der Waals surface area contributed by atoms with Crippen molar-refractivity contribution < 1.29 is 8.42 Å². The van der Waals surface area contributed by atoms with E-state index in [1.165, 1.54) is 39.2 Å². The van der Waals surface area contributed by atoms with Crippen molar-refractivity contribution in [2.45, 2.75) is 58.2 Å². The molecular weight excluding hydrogens is 360 g/mol. The smallest absolute Gasteiger partial charge is 0.215 e. The fraction of sp³-hybridized carbons (Fsp3) is 0.650. The largest absolute Gasteiger partial charge is 0.357 e. The van der Waals surface area contributed by atoms with Crippen molar-refractivity contribution in [1.82, 2.24) is 15.4 Å². The second-order valence-corrected chi connectivity index (χ2v) is 9.32. The fourth-order valence-electron chi connectivity index (χ4n) is 3.60. The predicted molar refractivity (Wildman–Crippen MR) is 112 cm³/mol. The van der Waals surface area contributed by atoms with Crippen LogP contribution >= 0.6 is 0 Å². The lowest BCUT2D eigenvalue weighted by atomic mass is 9.83. The van der Waals surface area contributed by atoms with Gasteiger partial charge in [-0.05, 0) is 49.8 Å². The van der Waals surface area contributed by atoms with E-state index in [9.17, 15) is 8.42 Å². The fourth-order valence-corrected chi connectivity index (χ4v) is 4.37. The molecule has 0 unspecified atom stereocenters. The van der Waals surface area contributed by atoms with Crippen molar-refractivity contribution in [3.8, 4) is 0 Å². The second-order valence-electron chi connectivity index (χ2n) is 7.39. The van der Waals surface area contributed by atoms with Crippen LogP contribution in [0.15, 0.2) is 29.3 Å². The molecule has 152 valence electrons. The van der Waals surface area contributed by atoms with Gasteiger partial charge in [-0.25, -0.2) is 18.1 Å². The lowest BCUT2D eigenvalue weighted by Gasteiger charge is -2.28. The van der Waals surface area contributed by atoms with E-state index < -0.39 is 10.0 Å². The Bertz CT molecular complexity index is 708. The normalized spacial score (nSPS) is 17.1. The molecule has 0 bridgehead atoms. The van der Waals surface area contributed by atoms with Crippen molar-refractivity contribution in [2.24, 2.45) is 10.4 Å². The first-order valence-corrected chi connectivity index (χ1v) is 11.6. The molecule has 0 aromatic heterocycles. The minimum atomic E-state index is -3.24. The number of hydrogen-bond acceptors (Lipinski definition) is 3. The van der Waals surface area contributed by atoms with Crippen molar-refractivity contribution >= 4 is 16.0 Å². The third-order valence-electron chi connectivity index (χ3n) is 5.50. The number of hydrogen-bond donors (Lipinski definition) is 3. The third kappa shape index (κ3) is 6.81. The third-order valence-corrected chi connectivity index (χ3v) is 6.84. The summed E-state index contributed by atoms with van der Waals surface area (Å²) in [5.74, 6) is 0.843. The molecule has 0 aliphatic heterocycles. The van der Waals surface area contributed by atoms with E-state index in [-0.39, 0.29) is 5.75 Å². The summed E-state index contributed by atoms with van der Waals surface area (Å²) in [4.78, 5) is 4.69. The average molecular weight is 395 g/mol. The zero-order valence-corrected chi connectivity index (χ0v) is 17.7. The summed E-state index contributed by atoms with van der Waals surface area (Å²) in [6, 6.07) is 7.59. The first-order valence-electron chi connectivity index (χ1n) is 9.93. The Morgan fingerprint density at radius 2 is 1.70 bits per heavy atom. The van der Waals surface area contributed by atoms with Gasteiger partial charge in [0.2, 0.25) is 10.0 Å². The lowest BCUT2D eigenvalue weighted by molar-refractivity contribution is 0.283. The Balaban J connectivity index is 1.95. The number of rotatable bonds is 9. The summed E-state index contributed by atoms with van der Waals surface area (Å²) in [5, 5.41) is 6.85. The highest BCUT2D eigenvalue weighted by atomic mass is 32.2. The molecule has 1 fully saturated rings. The van der Waals surface area contributed by atoms with Crippen LogP contribution < -0.4 is 15.4 Å². The molecule has 2 rings (SSSR count). The molecule has 6 nitrogen and oxygen atoms in total. The molecular formula is C20H34N4O2S. The first kappa shape index (κ1) is 21.7. The van der Waals surface area contributed by atoms with Crippen molar-refractivity contribution in [3.05, 3.63) is 35.4 Å². The van der Waals surface area contributed by atoms with E-state index in [1.807, 2.05) is 24.3 Å². The van der Waals surface area contributed by atoms with Crippen LogP contribution in [0.25, 0.3) is 0 Å². The molecule has 0 atom stereocenters. The lowest BCUT2D eigenvalue weighted by Crippen LogP contribution is -2.42. The van der Waals surface area contributed by atoms with Crippen molar-refractivity contribution in [1.29, 1.82) is 0 Å². The minimum absolute atomic E-state index is 0.00363. The zero-order chi connectivity index (χ0) is 19.8. The highest BCUT2D eigenvalue weighted by Gasteiger charge is 2.31. The highest BCUT2D eigenvalue weighted by molar-refractivity contribution is 7.88. The molecule has 1 aliphatic carbocycles. The SMILES string of the molecule is CCNC(=NCc1ccc(CS(=O)(=O)NC)cc1)NCC1(CC)CCCC1.